The molecular formula is C15H22ClN3O2. The highest BCUT2D eigenvalue weighted by molar-refractivity contribution is 6.30. The van der Waals surface area contributed by atoms with Crippen LogP contribution in [-0.4, -0.2) is 54.8 Å². The third-order valence-corrected chi connectivity index (χ3v) is 3.33. The third kappa shape index (κ3) is 6.14. The first-order chi connectivity index (χ1) is 9.79. The first-order valence-corrected chi connectivity index (χ1v) is 7.17. The van der Waals surface area contributed by atoms with Gasteiger partial charge in [-0.25, -0.2) is 0 Å². The number of nitrogens with zero attached hydrogens (tertiary/aromatic N) is 2. The van der Waals surface area contributed by atoms with Crippen molar-refractivity contribution >= 4 is 29.1 Å². The van der Waals surface area contributed by atoms with Gasteiger partial charge < -0.3 is 10.2 Å². The van der Waals surface area contributed by atoms with Crippen LogP contribution < -0.4 is 5.32 Å². The van der Waals surface area contributed by atoms with E-state index >= 15 is 0 Å². The number of hydrogen-bond acceptors (Lipinski definition) is 3. The van der Waals surface area contributed by atoms with Crippen LogP contribution in [0, 0.1) is 0 Å². The Labute approximate surface area is 130 Å². The van der Waals surface area contributed by atoms with E-state index in [0.29, 0.717) is 10.7 Å². The summed E-state index contributed by atoms with van der Waals surface area (Å²) in [5.41, 5.74) is 0.645. The summed E-state index contributed by atoms with van der Waals surface area (Å²) in [5.74, 6) is -0.192. The molecule has 1 aromatic rings. The van der Waals surface area contributed by atoms with E-state index in [-0.39, 0.29) is 30.9 Å². The smallest absolute Gasteiger partial charge is 0.238 e. The number of carbonyl (C=O) groups is 2. The van der Waals surface area contributed by atoms with Gasteiger partial charge in [-0.05, 0) is 39.1 Å². The number of amides is 2. The van der Waals surface area contributed by atoms with Crippen molar-refractivity contribution in [1.29, 1.82) is 0 Å². The molecule has 1 aromatic carbocycles. The standard InChI is InChI=1S/C15H22ClN3O2/c1-11(2)19(4)15(21)10-18(3)9-14(20)17-13-7-5-6-12(16)8-13/h5-8,11H,9-10H2,1-4H3,(H,17,20). The molecule has 0 bridgehead atoms. The van der Waals surface area contributed by atoms with Gasteiger partial charge in [-0.15, -0.1) is 0 Å². The molecule has 0 aliphatic heterocycles. The first-order valence-electron chi connectivity index (χ1n) is 6.79. The molecule has 0 heterocycles. The molecule has 0 saturated heterocycles. The second kappa shape index (κ2) is 8.00. The van der Waals surface area contributed by atoms with Crippen LogP contribution in [0.3, 0.4) is 0 Å². The van der Waals surface area contributed by atoms with Gasteiger partial charge in [-0.2, -0.15) is 0 Å². The number of carbonyl (C=O) groups excluding carboxylic acids is 2. The molecular weight excluding hydrogens is 290 g/mol. The zero-order valence-electron chi connectivity index (χ0n) is 12.9. The molecule has 2 amide bonds. The molecule has 6 heteroatoms. The van der Waals surface area contributed by atoms with Crippen molar-refractivity contribution in [3.63, 3.8) is 0 Å². The van der Waals surface area contributed by atoms with Gasteiger partial charge in [0.1, 0.15) is 0 Å². The van der Waals surface area contributed by atoms with Crippen LogP contribution in [0.15, 0.2) is 24.3 Å². The van der Waals surface area contributed by atoms with E-state index in [4.69, 9.17) is 11.6 Å². The average Bonchev–Trinajstić information content (AvgIpc) is 2.36. The summed E-state index contributed by atoms with van der Waals surface area (Å²) >= 11 is 5.86. The van der Waals surface area contributed by atoms with Crippen LogP contribution in [0.5, 0.6) is 0 Å². The van der Waals surface area contributed by atoms with E-state index in [2.05, 4.69) is 5.32 Å². The molecule has 1 N–H and O–H groups in total. The molecule has 0 unspecified atom stereocenters. The maximum Gasteiger partial charge on any atom is 0.238 e. The van der Waals surface area contributed by atoms with Crippen molar-refractivity contribution in [3.05, 3.63) is 29.3 Å². The quantitative estimate of drug-likeness (QED) is 0.875. The molecule has 0 saturated carbocycles. The van der Waals surface area contributed by atoms with E-state index in [1.54, 1.807) is 48.2 Å². The normalized spacial score (nSPS) is 10.8. The van der Waals surface area contributed by atoms with E-state index in [0.717, 1.165) is 0 Å². The van der Waals surface area contributed by atoms with Crippen molar-refractivity contribution in [2.75, 3.05) is 32.5 Å². The van der Waals surface area contributed by atoms with Crippen molar-refractivity contribution in [1.82, 2.24) is 9.80 Å². The molecule has 0 aliphatic carbocycles. The lowest BCUT2D eigenvalue weighted by atomic mass is 10.3. The molecule has 0 atom stereocenters. The van der Waals surface area contributed by atoms with Gasteiger partial charge in [0, 0.05) is 23.8 Å². The predicted octanol–water partition coefficient (Wildman–Crippen LogP) is 2.08. The van der Waals surface area contributed by atoms with Gasteiger partial charge in [-0.3, -0.25) is 14.5 Å². The Balaban J connectivity index is 2.45. The van der Waals surface area contributed by atoms with Crippen LogP contribution >= 0.6 is 11.6 Å². The number of likely N-dealkylation sites (N-methyl/N-ethyl adjacent to an activating group) is 2. The van der Waals surface area contributed by atoms with Gasteiger partial charge in [0.25, 0.3) is 0 Å². The number of anilines is 1. The number of hydrogen-bond donors (Lipinski definition) is 1. The Kier molecular flexibility index (Phi) is 6.65. The van der Waals surface area contributed by atoms with E-state index in [9.17, 15) is 9.59 Å². The van der Waals surface area contributed by atoms with Crippen LogP contribution in [0.4, 0.5) is 5.69 Å². The fraction of sp³-hybridized carbons (Fsp3) is 0.467. The molecule has 0 spiro atoms. The number of halogens is 1. The summed E-state index contributed by atoms with van der Waals surface area (Å²) in [7, 11) is 3.50. The summed E-state index contributed by atoms with van der Waals surface area (Å²) in [6, 6.07) is 7.09. The second-order valence-corrected chi connectivity index (χ2v) is 5.77. The topological polar surface area (TPSA) is 52.7 Å². The summed E-state index contributed by atoms with van der Waals surface area (Å²) in [4.78, 5) is 27.2. The van der Waals surface area contributed by atoms with E-state index in [1.165, 1.54) is 0 Å². The molecule has 0 aromatic heterocycles. The first kappa shape index (κ1) is 17.5. The maximum atomic E-state index is 11.9. The molecule has 0 radical (unpaired) electrons. The fourth-order valence-corrected chi connectivity index (χ4v) is 1.89. The van der Waals surface area contributed by atoms with Crippen molar-refractivity contribution in [2.24, 2.45) is 0 Å². The maximum absolute atomic E-state index is 11.9. The number of rotatable bonds is 6. The average molecular weight is 312 g/mol. The van der Waals surface area contributed by atoms with Crippen molar-refractivity contribution < 1.29 is 9.59 Å². The second-order valence-electron chi connectivity index (χ2n) is 5.33. The van der Waals surface area contributed by atoms with Crippen LogP contribution in [0.25, 0.3) is 0 Å². The Bertz CT molecular complexity index is 505. The Morgan fingerprint density at radius 2 is 1.90 bits per heavy atom. The summed E-state index contributed by atoms with van der Waals surface area (Å²) in [6.45, 7) is 4.25. The zero-order chi connectivity index (χ0) is 16.0. The van der Waals surface area contributed by atoms with E-state index in [1.807, 2.05) is 13.8 Å². The molecule has 21 heavy (non-hydrogen) atoms. The van der Waals surface area contributed by atoms with Crippen LogP contribution in [-0.2, 0) is 9.59 Å². The van der Waals surface area contributed by atoms with Crippen LogP contribution in [0.1, 0.15) is 13.8 Å². The third-order valence-electron chi connectivity index (χ3n) is 3.10. The van der Waals surface area contributed by atoms with Crippen molar-refractivity contribution in [2.45, 2.75) is 19.9 Å². The summed E-state index contributed by atoms with van der Waals surface area (Å²) in [5, 5.41) is 3.31. The lowest BCUT2D eigenvalue weighted by Gasteiger charge is -2.24. The Morgan fingerprint density at radius 1 is 1.24 bits per heavy atom. The molecule has 116 valence electrons. The largest absolute Gasteiger partial charge is 0.342 e. The van der Waals surface area contributed by atoms with Crippen molar-refractivity contribution in [3.8, 4) is 0 Å². The lowest BCUT2D eigenvalue weighted by Crippen LogP contribution is -2.42. The fourth-order valence-electron chi connectivity index (χ4n) is 1.70. The monoisotopic (exact) mass is 311 g/mol. The highest BCUT2D eigenvalue weighted by Crippen LogP contribution is 2.14. The predicted molar refractivity (Wildman–Crippen MR) is 85.5 cm³/mol. The van der Waals surface area contributed by atoms with Gasteiger partial charge in [0.05, 0.1) is 13.1 Å². The minimum absolute atomic E-state index is 0.0111. The molecule has 1 rings (SSSR count). The van der Waals surface area contributed by atoms with Gasteiger partial charge >= 0.3 is 0 Å². The number of benzene rings is 1. The molecule has 0 fully saturated rings. The summed E-state index contributed by atoms with van der Waals surface area (Å²) in [6.07, 6.45) is 0. The minimum atomic E-state index is -0.181. The van der Waals surface area contributed by atoms with Gasteiger partial charge in [0.2, 0.25) is 11.8 Å². The highest BCUT2D eigenvalue weighted by atomic mass is 35.5. The highest BCUT2D eigenvalue weighted by Gasteiger charge is 2.15. The molecule has 0 aliphatic rings. The van der Waals surface area contributed by atoms with E-state index < -0.39 is 0 Å². The van der Waals surface area contributed by atoms with Crippen LogP contribution in [0.2, 0.25) is 5.02 Å². The summed E-state index contributed by atoms with van der Waals surface area (Å²) < 4.78 is 0. The lowest BCUT2D eigenvalue weighted by molar-refractivity contribution is -0.132. The Morgan fingerprint density at radius 3 is 2.48 bits per heavy atom. The van der Waals surface area contributed by atoms with Gasteiger partial charge in [0.15, 0.2) is 0 Å². The SMILES string of the molecule is CC(C)N(C)C(=O)CN(C)CC(=O)Nc1cccc(Cl)c1. The van der Waals surface area contributed by atoms with Gasteiger partial charge in [-0.1, -0.05) is 17.7 Å². The zero-order valence-corrected chi connectivity index (χ0v) is 13.6. The number of nitrogens with one attached hydrogen (secondary N) is 1. The minimum Gasteiger partial charge on any atom is -0.342 e. The molecule has 5 nitrogen and oxygen atoms in total. The Hall–Kier alpha value is -1.59.